The van der Waals surface area contributed by atoms with Crippen molar-refractivity contribution in [2.24, 2.45) is 5.92 Å². The number of fused-ring (bicyclic) bond motifs is 1. The Labute approximate surface area is 108 Å². The van der Waals surface area contributed by atoms with Crippen molar-refractivity contribution < 1.29 is 9.59 Å². The van der Waals surface area contributed by atoms with Gasteiger partial charge in [0.25, 0.3) is 11.7 Å². The highest BCUT2D eigenvalue weighted by Crippen LogP contribution is 2.42. The molecular formula is C12H9Cl2NO2. The molecule has 0 bridgehead atoms. The SMILES string of the molecule is O=C1C(=O)N(CC2CC2)c2c(Cl)ccc(Cl)c21. The van der Waals surface area contributed by atoms with Crippen molar-refractivity contribution in [3.63, 3.8) is 0 Å². The molecule has 1 aliphatic carbocycles. The monoisotopic (exact) mass is 269 g/mol. The second-order valence-corrected chi connectivity index (χ2v) is 5.26. The van der Waals surface area contributed by atoms with Gasteiger partial charge < -0.3 is 4.90 Å². The van der Waals surface area contributed by atoms with Crippen LogP contribution in [0.4, 0.5) is 5.69 Å². The summed E-state index contributed by atoms with van der Waals surface area (Å²) >= 11 is 12.0. The standard InChI is InChI=1S/C12H9Cl2NO2/c13-7-3-4-8(14)10-9(7)11(16)12(17)15(10)5-6-1-2-6/h3-4,6H,1-2,5H2. The van der Waals surface area contributed by atoms with E-state index in [1.165, 1.54) is 4.90 Å². The molecule has 3 rings (SSSR count). The zero-order chi connectivity index (χ0) is 12.2. The number of hydrogen-bond acceptors (Lipinski definition) is 2. The molecule has 0 radical (unpaired) electrons. The lowest BCUT2D eigenvalue weighted by Crippen LogP contribution is -2.31. The Kier molecular flexibility index (Phi) is 2.42. The maximum absolute atomic E-state index is 11.9. The third kappa shape index (κ3) is 1.65. The molecule has 1 saturated carbocycles. The van der Waals surface area contributed by atoms with Crippen LogP contribution in [0.5, 0.6) is 0 Å². The van der Waals surface area contributed by atoms with Crippen LogP contribution in [0.3, 0.4) is 0 Å². The average molecular weight is 270 g/mol. The van der Waals surface area contributed by atoms with Gasteiger partial charge in [0.2, 0.25) is 0 Å². The second kappa shape index (κ2) is 3.72. The summed E-state index contributed by atoms with van der Waals surface area (Å²) in [5, 5.41) is 0.699. The predicted molar refractivity (Wildman–Crippen MR) is 65.9 cm³/mol. The number of amides is 1. The zero-order valence-corrected chi connectivity index (χ0v) is 10.4. The van der Waals surface area contributed by atoms with Gasteiger partial charge in [-0.3, -0.25) is 9.59 Å². The van der Waals surface area contributed by atoms with E-state index in [0.29, 0.717) is 28.2 Å². The van der Waals surface area contributed by atoms with Gasteiger partial charge in [-0.1, -0.05) is 23.2 Å². The molecule has 1 fully saturated rings. The quantitative estimate of drug-likeness (QED) is 0.775. The Morgan fingerprint density at radius 1 is 1.18 bits per heavy atom. The van der Waals surface area contributed by atoms with E-state index >= 15 is 0 Å². The molecule has 0 aromatic heterocycles. The Bertz CT molecular complexity index is 538. The Balaban J connectivity index is 2.13. The summed E-state index contributed by atoms with van der Waals surface area (Å²) in [6, 6.07) is 3.17. The third-order valence-electron chi connectivity index (χ3n) is 3.15. The van der Waals surface area contributed by atoms with E-state index in [9.17, 15) is 9.59 Å². The minimum absolute atomic E-state index is 0.254. The van der Waals surface area contributed by atoms with E-state index in [0.717, 1.165) is 12.8 Å². The molecule has 1 aliphatic heterocycles. The van der Waals surface area contributed by atoms with Gasteiger partial charge in [0, 0.05) is 6.54 Å². The highest BCUT2D eigenvalue weighted by atomic mass is 35.5. The van der Waals surface area contributed by atoms with Crippen molar-refractivity contribution in [2.75, 3.05) is 11.4 Å². The zero-order valence-electron chi connectivity index (χ0n) is 8.87. The fourth-order valence-electron chi connectivity index (χ4n) is 2.08. The Hall–Kier alpha value is -1.06. The van der Waals surface area contributed by atoms with Crippen molar-refractivity contribution in [1.29, 1.82) is 0 Å². The predicted octanol–water partition coefficient (Wildman–Crippen LogP) is 2.93. The average Bonchev–Trinajstić information content (AvgIpc) is 3.07. The Morgan fingerprint density at radius 2 is 1.82 bits per heavy atom. The van der Waals surface area contributed by atoms with E-state index in [1.807, 2.05) is 0 Å². The van der Waals surface area contributed by atoms with Crippen molar-refractivity contribution >= 4 is 40.6 Å². The molecule has 88 valence electrons. The lowest BCUT2D eigenvalue weighted by atomic mass is 10.1. The normalized spacial score (nSPS) is 18.8. The van der Waals surface area contributed by atoms with E-state index in [2.05, 4.69) is 0 Å². The van der Waals surface area contributed by atoms with Crippen LogP contribution in [0, 0.1) is 5.92 Å². The van der Waals surface area contributed by atoms with Gasteiger partial charge in [0.1, 0.15) is 0 Å². The number of Topliss-reactive ketones (excluding diaryl/α,β-unsaturated/α-hetero) is 1. The van der Waals surface area contributed by atoms with E-state index in [4.69, 9.17) is 23.2 Å². The minimum atomic E-state index is -0.548. The maximum Gasteiger partial charge on any atom is 0.299 e. The van der Waals surface area contributed by atoms with Crippen molar-refractivity contribution in [2.45, 2.75) is 12.8 Å². The number of hydrogen-bond donors (Lipinski definition) is 0. The van der Waals surface area contributed by atoms with Gasteiger partial charge in [0.15, 0.2) is 0 Å². The molecule has 5 heteroatoms. The fourth-order valence-corrected chi connectivity index (χ4v) is 2.58. The number of carbonyl (C=O) groups is 2. The van der Waals surface area contributed by atoms with Crippen LogP contribution < -0.4 is 4.90 Å². The number of ketones is 1. The van der Waals surface area contributed by atoms with Crippen LogP contribution in [0.25, 0.3) is 0 Å². The summed E-state index contributed by atoms with van der Waals surface area (Å²) in [7, 11) is 0. The van der Waals surface area contributed by atoms with Crippen LogP contribution in [-0.4, -0.2) is 18.2 Å². The van der Waals surface area contributed by atoms with E-state index in [1.54, 1.807) is 12.1 Å². The molecule has 3 nitrogen and oxygen atoms in total. The molecule has 1 aromatic carbocycles. The molecule has 2 aliphatic rings. The van der Waals surface area contributed by atoms with Gasteiger partial charge in [-0.05, 0) is 30.9 Å². The first kappa shape index (κ1) is 11.1. The van der Waals surface area contributed by atoms with Crippen molar-refractivity contribution in [3.05, 3.63) is 27.7 Å². The van der Waals surface area contributed by atoms with Gasteiger partial charge in [-0.2, -0.15) is 0 Å². The first-order chi connectivity index (χ1) is 8.09. The van der Waals surface area contributed by atoms with Crippen LogP contribution >= 0.6 is 23.2 Å². The van der Waals surface area contributed by atoms with Crippen LogP contribution in [0.1, 0.15) is 23.2 Å². The molecule has 1 aromatic rings. The largest absolute Gasteiger partial charge is 0.303 e. The molecule has 0 spiro atoms. The summed E-state index contributed by atoms with van der Waals surface area (Å²) in [5.41, 5.74) is 0.742. The lowest BCUT2D eigenvalue weighted by Gasteiger charge is -2.17. The third-order valence-corrected chi connectivity index (χ3v) is 3.77. The number of benzene rings is 1. The van der Waals surface area contributed by atoms with Crippen LogP contribution in [0.15, 0.2) is 12.1 Å². The minimum Gasteiger partial charge on any atom is -0.303 e. The molecule has 0 unspecified atom stereocenters. The number of nitrogens with zero attached hydrogens (tertiary/aromatic N) is 1. The van der Waals surface area contributed by atoms with Gasteiger partial charge in [0.05, 0.1) is 21.3 Å². The first-order valence-corrected chi connectivity index (χ1v) is 6.19. The van der Waals surface area contributed by atoms with Crippen molar-refractivity contribution in [3.8, 4) is 0 Å². The maximum atomic E-state index is 11.9. The van der Waals surface area contributed by atoms with Gasteiger partial charge in [-0.25, -0.2) is 0 Å². The summed E-state index contributed by atoms with van der Waals surface area (Å²) < 4.78 is 0. The molecule has 0 N–H and O–H groups in total. The summed E-state index contributed by atoms with van der Waals surface area (Å²) in [4.78, 5) is 25.2. The second-order valence-electron chi connectivity index (χ2n) is 4.44. The molecule has 1 heterocycles. The first-order valence-electron chi connectivity index (χ1n) is 5.44. The Morgan fingerprint density at radius 3 is 2.47 bits per heavy atom. The van der Waals surface area contributed by atoms with Crippen LogP contribution in [-0.2, 0) is 4.79 Å². The topological polar surface area (TPSA) is 37.4 Å². The molecule has 0 atom stereocenters. The fraction of sp³-hybridized carbons (Fsp3) is 0.333. The van der Waals surface area contributed by atoms with E-state index < -0.39 is 11.7 Å². The highest BCUT2D eigenvalue weighted by molar-refractivity contribution is 6.57. The smallest absolute Gasteiger partial charge is 0.299 e. The van der Waals surface area contributed by atoms with E-state index in [-0.39, 0.29) is 5.56 Å². The van der Waals surface area contributed by atoms with Gasteiger partial charge >= 0.3 is 0 Å². The highest BCUT2D eigenvalue weighted by Gasteiger charge is 2.41. The molecular weight excluding hydrogens is 261 g/mol. The number of anilines is 1. The lowest BCUT2D eigenvalue weighted by molar-refractivity contribution is -0.114. The summed E-state index contributed by atoms with van der Waals surface area (Å²) in [6.45, 7) is 0.567. The summed E-state index contributed by atoms with van der Waals surface area (Å²) in [5.74, 6) is -0.567. The number of rotatable bonds is 2. The summed E-state index contributed by atoms with van der Waals surface area (Å²) in [6.07, 6.45) is 2.21. The molecule has 1 amide bonds. The molecule has 0 saturated heterocycles. The van der Waals surface area contributed by atoms with Crippen LogP contribution in [0.2, 0.25) is 10.0 Å². The molecule has 17 heavy (non-hydrogen) atoms. The van der Waals surface area contributed by atoms with Crippen molar-refractivity contribution in [1.82, 2.24) is 0 Å². The number of carbonyl (C=O) groups excluding carboxylic acids is 2. The number of halogens is 2. The van der Waals surface area contributed by atoms with Gasteiger partial charge in [-0.15, -0.1) is 0 Å².